The molecular weight excluding hydrogens is 456 g/mol. The minimum Gasteiger partial charge on any atom is -0.372 e. The predicted molar refractivity (Wildman–Crippen MR) is 135 cm³/mol. The van der Waals surface area contributed by atoms with E-state index in [0.29, 0.717) is 40.2 Å². The maximum atomic E-state index is 13.8. The van der Waals surface area contributed by atoms with Gasteiger partial charge in [0.05, 0.1) is 28.4 Å². The van der Waals surface area contributed by atoms with Gasteiger partial charge in [-0.2, -0.15) is 0 Å². The number of amides is 2. The van der Waals surface area contributed by atoms with Crippen molar-refractivity contribution >= 4 is 39.8 Å². The Morgan fingerprint density at radius 3 is 2.45 bits per heavy atom. The number of carbonyl (C=O) groups is 2. The van der Waals surface area contributed by atoms with Gasteiger partial charge in [0.15, 0.2) is 0 Å². The van der Waals surface area contributed by atoms with E-state index in [1.807, 2.05) is 18.7 Å². The fourth-order valence-electron chi connectivity index (χ4n) is 4.96. The third-order valence-electron chi connectivity index (χ3n) is 6.76. The summed E-state index contributed by atoms with van der Waals surface area (Å²) in [5.74, 6) is 0.240. The first-order chi connectivity index (χ1) is 15.5. The summed E-state index contributed by atoms with van der Waals surface area (Å²) in [4.78, 5) is 30.0. The van der Waals surface area contributed by atoms with Crippen molar-refractivity contribution in [2.24, 2.45) is 11.3 Å². The quantitative estimate of drug-likeness (QED) is 0.571. The van der Waals surface area contributed by atoms with Crippen LogP contribution in [0.4, 0.5) is 5.00 Å². The molecule has 0 bridgehead atoms. The van der Waals surface area contributed by atoms with Crippen molar-refractivity contribution in [2.45, 2.75) is 66.1 Å². The van der Waals surface area contributed by atoms with Crippen molar-refractivity contribution < 1.29 is 14.3 Å². The van der Waals surface area contributed by atoms with Gasteiger partial charge in [-0.15, -0.1) is 11.3 Å². The van der Waals surface area contributed by atoms with Gasteiger partial charge in [0.25, 0.3) is 11.8 Å². The molecule has 2 amide bonds. The Bertz CT molecular complexity index is 1050. The first kappa shape index (κ1) is 24.2. The van der Waals surface area contributed by atoms with Gasteiger partial charge in [0.1, 0.15) is 5.00 Å². The van der Waals surface area contributed by atoms with Crippen molar-refractivity contribution in [3.63, 3.8) is 0 Å². The van der Waals surface area contributed by atoms with Gasteiger partial charge in [-0.3, -0.25) is 9.59 Å². The number of ether oxygens (including phenoxy) is 1. The summed E-state index contributed by atoms with van der Waals surface area (Å²) < 4.78 is 5.84. The molecule has 2 aliphatic rings. The number of rotatable bonds is 3. The number of hydrogen-bond donors (Lipinski definition) is 1. The second-order valence-corrected chi connectivity index (χ2v) is 11.9. The zero-order valence-electron chi connectivity index (χ0n) is 20.0. The Labute approximate surface area is 205 Å². The molecule has 178 valence electrons. The molecule has 1 fully saturated rings. The summed E-state index contributed by atoms with van der Waals surface area (Å²) in [6.45, 7) is 11.9. The zero-order chi connectivity index (χ0) is 23.9. The molecular formula is C26H33ClN2O3S. The van der Waals surface area contributed by atoms with Crippen LogP contribution in [-0.2, 0) is 17.6 Å². The smallest absolute Gasteiger partial charge is 0.257 e. The van der Waals surface area contributed by atoms with Crippen LogP contribution in [0.2, 0.25) is 5.02 Å². The summed E-state index contributed by atoms with van der Waals surface area (Å²) in [5, 5.41) is 4.07. The zero-order valence-corrected chi connectivity index (χ0v) is 21.6. The highest BCUT2D eigenvalue weighted by atomic mass is 35.5. The molecule has 0 saturated carbocycles. The summed E-state index contributed by atoms with van der Waals surface area (Å²) in [7, 11) is 0. The Kier molecular flexibility index (Phi) is 6.90. The molecule has 3 atom stereocenters. The van der Waals surface area contributed by atoms with Gasteiger partial charge >= 0.3 is 0 Å². The molecule has 1 aromatic carbocycles. The number of hydrogen-bond acceptors (Lipinski definition) is 4. The maximum absolute atomic E-state index is 13.8. The van der Waals surface area contributed by atoms with Crippen molar-refractivity contribution in [3.05, 3.63) is 50.9 Å². The molecule has 2 heterocycles. The molecule has 1 aliphatic carbocycles. The average Bonchev–Trinajstić information content (AvgIpc) is 3.09. The Balaban J connectivity index is 1.71. The molecule has 7 heteroatoms. The summed E-state index contributed by atoms with van der Waals surface area (Å²) in [6, 6.07) is 6.99. The minimum atomic E-state index is -0.288. The number of halogens is 1. The number of anilines is 1. The van der Waals surface area contributed by atoms with Crippen LogP contribution >= 0.6 is 22.9 Å². The van der Waals surface area contributed by atoms with Crippen LogP contribution in [0.25, 0.3) is 0 Å². The van der Waals surface area contributed by atoms with E-state index >= 15 is 0 Å². The lowest BCUT2D eigenvalue weighted by Crippen LogP contribution is -2.48. The monoisotopic (exact) mass is 488 g/mol. The second kappa shape index (κ2) is 9.40. The molecule has 1 aromatic heterocycles. The summed E-state index contributed by atoms with van der Waals surface area (Å²) in [5.41, 5.74) is 2.36. The number of thiophene rings is 1. The highest BCUT2D eigenvalue weighted by Crippen LogP contribution is 2.45. The lowest BCUT2D eigenvalue weighted by Gasteiger charge is -2.36. The number of carbonyl (C=O) groups excluding carboxylic acids is 2. The Morgan fingerprint density at radius 2 is 1.82 bits per heavy atom. The third kappa shape index (κ3) is 5.13. The lowest BCUT2D eigenvalue weighted by atomic mass is 9.72. The van der Waals surface area contributed by atoms with E-state index in [0.717, 1.165) is 24.8 Å². The summed E-state index contributed by atoms with van der Waals surface area (Å²) in [6.07, 6.45) is 2.80. The van der Waals surface area contributed by atoms with Gasteiger partial charge in [-0.25, -0.2) is 0 Å². The van der Waals surface area contributed by atoms with Crippen molar-refractivity contribution in [3.8, 4) is 0 Å². The van der Waals surface area contributed by atoms with Gasteiger partial charge in [0, 0.05) is 18.0 Å². The van der Waals surface area contributed by atoms with E-state index in [2.05, 4.69) is 26.1 Å². The van der Waals surface area contributed by atoms with Crippen LogP contribution in [-0.4, -0.2) is 42.0 Å². The largest absolute Gasteiger partial charge is 0.372 e. The highest BCUT2D eigenvalue weighted by molar-refractivity contribution is 7.17. The van der Waals surface area contributed by atoms with Gasteiger partial charge in [-0.1, -0.05) is 44.5 Å². The van der Waals surface area contributed by atoms with Crippen molar-refractivity contribution in [1.29, 1.82) is 0 Å². The fourth-order valence-corrected chi connectivity index (χ4v) is 6.49. The van der Waals surface area contributed by atoms with Crippen LogP contribution in [0, 0.1) is 11.3 Å². The molecule has 4 rings (SSSR count). The van der Waals surface area contributed by atoms with Gasteiger partial charge in [-0.05, 0) is 62.1 Å². The number of benzene rings is 1. The first-order valence-corrected chi connectivity index (χ1v) is 12.9. The Hall–Kier alpha value is -1.89. The van der Waals surface area contributed by atoms with E-state index in [-0.39, 0.29) is 29.4 Å². The van der Waals surface area contributed by atoms with E-state index in [9.17, 15) is 9.59 Å². The number of nitrogens with zero attached hydrogens (tertiary/aromatic N) is 1. The number of nitrogens with one attached hydrogen (secondary N) is 1. The predicted octanol–water partition coefficient (Wildman–Crippen LogP) is 6.05. The van der Waals surface area contributed by atoms with E-state index in [1.165, 1.54) is 4.88 Å². The first-order valence-electron chi connectivity index (χ1n) is 11.7. The van der Waals surface area contributed by atoms with Crippen LogP contribution in [0.3, 0.4) is 0 Å². The third-order valence-corrected chi connectivity index (χ3v) is 8.26. The van der Waals surface area contributed by atoms with Crippen molar-refractivity contribution in [1.82, 2.24) is 4.90 Å². The van der Waals surface area contributed by atoms with Gasteiger partial charge in [0.2, 0.25) is 0 Å². The summed E-state index contributed by atoms with van der Waals surface area (Å²) >= 11 is 7.82. The molecule has 0 unspecified atom stereocenters. The molecule has 1 saturated heterocycles. The second-order valence-electron chi connectivity index (χ2n) is 10.4. The van der Waals surface area contributed by atoms with E-state index < -0.39 is 0 Å². The Morgan fingerprint density at radius 1 is 1.15 bits per heavy atom. The topological polar surface area (TPSA) is 58.6 Å². The SMILES string of the molecule is C[C@H]1CN(C(=O)c2c(NC(=O)c3ccccc3Cl)sc3c2CC[C@@H](C(C)(C)C)C3)C[C@H](C)O1. The van der Waals surface area contributed by atoms with Crippen LogP contribution in [0.1, 0.15) is 72.2 Å². The maximum Gasteiger partial charge on any atom is 0.257 e. The van der Waals surface area contributed by atoms with Crippen LogP contribution in [0.15, 0.2) is 24.3 Å². The van der Waals surface area contributed by atoms with Gasteiger partial charge < -0.3 is 15.0 Å². The normalized spacial score (nSPS) is 23.2. The minimum absolute atomic E-state index is 0.0152. The molecule has 1 N–H and O–H groups in total. The highest BCUT2D eigenvalue weighted by Gasteiger charge is 2.36. The standard InChI is InChI=1S/C26H33ClN2O3S/c1-15-13-29(14-16(2)32-15)25(31)22-19-11-10-17(26(3,4)5)12-21(19)33-24(22)28-23(30)18-8-6-7-9-20(18)27/h6-9,15-17H,10-14H2,1-5H3,(H,28,30)/t15-,16-,17+/m0/s1. The molecule has 0 spiro atoms. The lowest BCUT2D eigenvalue weighted by molar-refractivity contribution is -0.0586. The number of fused-ring (bicyclic) bond motifs is 1. The molecule has 33 heavy (non-hydrogen) atoms. The van der Waals surface area contributed by atoms with Crippen LogP contribution in [0.5, 0.6) is 0 Å². The van der Waals surface area contributed by atoms with Crippen LogP contribution < -0.4 is 5.32 Å². The molecule has 5 nitrogen and oxygen atoms in total. The van der Waals surface area contributed by atoms with E-state index in [1.54, 1.807) is 35.6 Å². The fraction of sp³-hybridized carbons (Fsp3) is 0.538. The molecule has 1 aliphatic heterocycles. The average molecular weight is 489 g/mol. The van der Waals surface area contributed by atoms with Crippen molar-refractivity contribution in [2.75, 3.05) is 18.4 Å². The number of morpholine rings is 1. The molecule has 0 radical (unpaired) electrons. The molecule has 2 aromatic rings. The van der Waals surface area contributed by atoms with E-state index in [4.69, 9.17) is 16.3 Å².